The normalized spacial score (nSPS) is 11.1. The van der Waals surface area contributed by atoms with E-state index < -0.39 is 23.5 Å². The zero-order valence-electron chi connectivity index (χ0n) is 20.7. The second kappa shape index (κ2) is 12.0. The summed E-state index contributed by atoms with van der Waals surface area (Å²) in [4.78, 5) is 23.7. The maximum atomic E-state index is 13.8. The van der Waals surface area contributed by atoms with Crippen LogP contribution >= 0.6 is 15.9 Å². The molecule has 0 aliphatic heterocycles. The highest BCUT2D eigenvalue weighted by Gasteiger charge is 2.16. The molecule has 190 valence electrons. The quantitative estimate of drug-likeness (QED) is 0.317. The van der Waals surface area contributed by atoms with Crippen LogP contribution in [0.3, 0.4) is 0 Å². The van der Waals surface area contributed by atoms with Gasteiger partial charge in [-0.3, -0.25) is 4.79 Å². The molecule has 0 aliphatic rings. The van der Waals surface area contributed by atoms with Crippen molar-refractivity contribution in [3.8, 4) is 16.9 Å². The van der Waals surface area contributed by atoms with Crippen LogP contribution in [0, 0.1) is 5.82 Å². The molecule has 36 heavy (non-hydrogen) atoms. The van der Waals surface area contributed by atoms with Gasteiger partial charge in [-0.05, 0) is 73.4 Å². The minimum absolute atomic E-state index is 0.0139. The average Bonchev–Trinajstić information content (AvgIpc) is 2.81. The second-order valence-corrected chi connectivity index (χ2v) is 10.1. The molecule has 0 bridgehead atoms. The van der Waals surface area contributed by atoms with Crippen molar-refractivity contribution in [3.05, 3.63) is 87.6 Å². The van der Waals surface area contributed by atoms with Gasteiger partial charge in [-0.15, -0.1) is 0 Å². The molecule has 0 saturated carbocycles. The molecular formula is C28H29BrFNO5. The van der Waals surface area contributed by atoms with E-state index in [9.17, 15) is 14.0 Å². The number of hydrogen-bond acceptors (Lipinski definition) is 5. The smallest absolute Gasteiger partial charge is 0.407 e. The Kier molecular flexibility index (Phi) is 9.09. The SMILES string of the molecule is COC(=O)Cc1ccc(F)cc1OCc1cc(Br)cc(-c2cccc(CNC(=O)OC(C)(C)C)c2)c1. The zero-order valence-corrected chi connectivity index (χ0v) is 22.3. The number of hydrogen-bond donors (Lipinski definition) is 1. The summed E-state index contributed by atoms with van der Waals surface area (Å²) >= 11 is 3.55. The summed E-state index contributed by atoms with van der Waals surface area (Å²) in [5.41, 5.74) is 3.65. The lowest BCUT2D eigenvalue weighted by Gasteiger charge is -2.19. The van der Waals surface area contributed by atoms with Crippen molar-refractivity contribution >= 4 is 28.0 Å². The molecule has 8 heteroatoms. The van der Waals surface area contributed by atoms with Crippen LogP contribution in [0.25, 0.3) is 11.1 Å². The molecule has 3 aromatic rings. The Morgan fingerprint density at radius 2 is 1.72 bits per heavy atom. The van der Waals surface area contributed by atoms with Crippen molar-refractivity contribution in [1.82, 2.24) is 5.32 Å². The number of alkyl carbamates (subject to hydrolysis) is 1. The van der Waals surface area contributed by atoms with Crippen LogP contribution in [0.4, 0.5) is 9.18 Å². The Balaban J connectivity index is 1.74. The summed E-state index contributed by atoms with van der Waals surface area (Å²) in [5.74, 6) is -0.597. The Labute approximate surface area is 218 Å². The predicted octanol–water partition coefficient (Wildman–Crippen LogP) is 6.57. The van der Waals surface area contributed by atoms with E-state index in [1.807, 2.05) is 63.2 Å². The Hall–Kier alpha value is -3.39. The standard InChI is InChI=1S/C28H29BrFNO5/c1-28(2,3)36-27(33)31-16-18-6-5-7-20(10-18)22-11-19(12-23(29)13-22)17-35-25-15-24(30)9-8-21(25)14-26(32)34-4/h5-13,15H,14,16-17H2,1-4H3,(H,31,33). The molecule has 0 aromatic heterocycles. The lowest BCUT2D eigenvalue weighted by molar-refractivity contribution is -0.139. The number of rotatable bonds is 8. The van der Waals surface area contributed by atoms with Gasteiger partial charge in [-0.2, -0.15) is 0 Å². The third-order valence-corrected chi connectivity index (χ3v) is 5.50. The van der Waals surface area contributed by atoms with Gasteiger partial charge in [-0.25, -0.2) is 9.18 Å². The van der Waals surface area contributed by atoms with Gasteiger partial charge in [0.1, 0.15) is 23.8 Å². The first-order valence-electron chi connectivity index (χ1n) is 11.4. The molecule has 0 radical (unpaired) electrons. The van der Waals surface area contributed by atoms with Crippen LogP contribution in [0.2, 0.25) is 0 Å². The highest BCUT2D eigenvalue weighted by atomic mass is 79.9. The molecule has 6 nitrogen and oxygen atoms in total. The number of ether oxygens (including phenoxy) is 3. The summed E-state index contributed by atoms with van der Waals surface area (Å²) < 4.78 is 30.6. The molecular weight excluding hydrogens is 529 g/mol. The molecule has 0 spiro atoms. The van der Waals surface area contributed by atoms with Crippen LogP contribution in [0.1, 0.15) is 37.5 Å². The minimum atomic E-state index is -0.563. The summed E-state index contributed by atoms with van der Waals surface area (Å²) in [6.45, 7) is 5.95. The van der Waals surface area contributed by atoms with E-state index in [1.54, 1.807) is 0 Å². The number of carbonyl (C=O) groups is 2. The molecule has 1 N–H and O–H groups in total. The van der Waals surface area contributed by atoms with Crippen LogP contribution in [-0.2, 0) is 33.8 Å². The van der Waals surface area contributed by atoms with Gasteiger partial charge in [0.05, 0.1) is 13.5 Å². The molecule has 0 saturated heterocycles. The highest BCUT2D eigenvalue weighted by molar-refractivity contribution is 9.10. The van der Waals surface area contributed by atoms with Gasteiger partial charge in [0.25, 0.3) is 0 Å². The first kappa shape index (κ1) is 27.2. The zero-order chi connectivity index (χ0) is 26.3. The van der Waals surface area contributed by atoms with Crippen molar-refractivity contribution in [2.24, 2.45) is 0 Å². The summed E-state index contributed by atoms with van der Waals surface area (Å²) in [6, 6.07) is 17.8. The number of benzene rings is 3. The van der Waals surface area contributed by atoms with E-state index in [0.29, 0.717) is 12.1 Å². The molecule has 0 unspecified atom stereocenters. The Morgan fingerprint density at radius 3 is 2.44 bits per heavy atom. The number of nitrogens with one attached hydrogen (secondary N) is 1. The lowest BCUT2D eigenvalue weighted by atomic mass is 10.0. The fourth-order valence-electron chi connectivity index (χ4n) is 3.45. The topological polar surface area (TPSA) is 73.9 Å². The first-order valence-corrected chi connectivity index (χ1v) is 12.2. The number of esters is 1. The number of halogens is 2. The van der Waals surface area contributed by atoms with Gasteiger partial charge < -0.3 is 19.5 Å². The highest BCUT2D eigenvalue weighted by Crippen LogP contribution is 2.28. The van der Waals surface area contributed by atoms with E-state index in [4.69, 9.17) is 14.2 Å². The van der Waals surface area contributed by atoms with Crippen LogP contribution in [0.15, 0.2) is 65.1 Å². The fourth-order valence-corrected chi connectivity index (χ4v) is 3.99. The summed E-state index contributed by atoms with van der Waals surface area (Å²) in [7, 11) is 1.30. The monoisotopic (exact) mass is 557 g/mol. The molecule has 3 aromatic carbocycles. The minimum Gasteiger partial charge on any atom is -0.488 e. The van der Waals surface area contributed by atoms with E-state index in [-0.39, 0.29) is 18.8 Å². The van der Waals surface area contributed by atoms with Gasteiger partial charge in [0, 0.05) is 22.6 Å². The van der Waals surface area contributed by atoms with Gasteiger partial charge >= 0.3 is 12.1 Å². The predicted molar refractivity (Wildman–Crippen MR) is 139 cm³/mol. The molecule has 0 atom stereocenters. The van der Waals surface area contributed by atoms with Gasteiger partial charge in [0.15, 0.2) is 0 Å². The lowest BCUT2D eigenvalue weighted by Crippen LogP contribution is -2.32. The van der Waals surface area contributed by atoms with E-state index in [1.165, 1.54) is 25.3 Å². The van der Waals surface area contributed by atoms with Crippen molar-refractivity contribution in [2.75, 3.05) is 7.11 Å². The Bertz CT molecular complexity index is 1240. The summed E-state index contributed by atoms with van der Waals surface area (Å²) in [5, 5.41) is 2.77. The maximum absolute atomic E-state index is 13.8. The van der Waals surface area contributed by atoms with Crippen LogP contribution in [-0.4, -0.2) is 24.8 Å². The first-order chi connectivity index (χ1) is 17.0. The third-order valence-electron chi connectivity index (χ3n) is 5.04. The molecule has 0 heterocycles. The largest absolute Gasteiger partial charge is 0.488 e. The van der Waals surface area contributed by atoms with Gasteiger partial charge in [0.2, 0.25) is 0 Å². The van der Waals surface area contributed by atoms with E-state index in [0.717, 1.165) is 26.7 Å². The molecule has 0 fully saturated rings. The number of methoxy groups -OCH3 is 1. The number of amides is 1. The van der Waals surface area contributed by atoms with Gasteiger partial charge in [-0.1, -0.05) is 40.2 Å². The molecule has 0 aliphatic carbocycles. The number of carbonyl (C=O) groups excluding carboxylic acids is 2. The van der Waals surface area contributed by atoms with E-state index >= 15 is 0 Å². The molecule has 1 amide bonds. The van der Waals surface area contributed by atoms with Crippen LogP contribution < -0.4 is 10.1 Å². The average molecular weight is 558 g/mol. The van der Waals surface area contributed by atoms with Crippen molar-refractivity contribution in [3.63, 3.8) is 0 Å². The van der Waals surface area contributed by atoms with Crippen molar-refractivity contribution in [2.45, 2.75) is 45.9 Å². The maximum Gasteiger partial charge on any atom is 0.407 e. The molecule has 3 rings (SSSR count). The van der Waals surface area contributed by atoms with E-state index in [2.05, 4.69) is 21.2 Å². The second-order valence-electron chi connectivity index (χ2n) is 9.20. The Morgan fingerprint density at radius 1 is 0.972 bits per heavy atom. The summed E-state index contributed by atoms with van der Waals surface area (Å²) in [6.07, 6.45) is -0.487. The third kappa shape index (κ3) is 8.37. The van der Waals surface area contributed by atoms with Crippen molar-refractivity contribution in [1.29, 1.82) is 0 Å². The van der Waals surface area contributed by atoms with Crippen LogP contribution in [0.5, 0.6) is 5.75 Å². The van der Waals surface area contributed by atoms with Crippen molar-refractivity contribution < 1.29 is 28.2 Å². The fraction of sp³-hybridized carbons (Fsp3) is 0.286.